The molecule has 0 aliphatic carbocycles. The number of methoxy groups -OCH3 is 1. The zero-order valence-electron chi connectivity index (χ0n) is 15.4. The molecule has 0 saturated carbocycles. The second-order valence-electron chi connectivity index (χ2n) is 6.54. The highest BCUT2D eigenvalue weighted by Gasteiger charge is 2.14. The molecule has 1 N–H and O–H groups in total. The molecule has 0 saturated heterocycles. The van der Waals surface area contributed by atoms with Crippen LogP contribution >= 0.6 is 0 Å². The highest BCUT2D eigenvalue weighted by atomic mass is 16.5. The van der Waals surface area contributed by atoms with Crippen molar-refractivity contribution in [2.45, 2.75) is 33.4 Å². The van der Waals surface area contributed by atoms with Crippen molar-refractivity contribution in [1.82, 2.24) is 5.32 Å². The van der Waals surface area contributed by atoms with Crippen LogP contribution in [0.15, 0.2) is 48.5 Å². The number of amides is 1. The van der Waals surface area contributed by atoms with E-state index in [1.807, 2.05) is 49.4 Å². The summed E-state index contributed by atoms with van der Waals surface area (Å²) in [5.74, 6) is 1.09. The Labute approximate surface area is 150 Å². The molecule has 134 valence electrons. The van der Waals surface area contributed by atoms with Gasteiger partial charge >= 0.3 is 0 Å². The van der Waals surface area contributed by atoms with E-state index >= 15 is 0 Å². The number of hydrogen-bond acceptors (Lipinski definition) is 3. The zero-order chi connectivity index (χ0) is 18.2. The molecule has 1 amide bonds. The van der Waals surface area contributed by atoms with Crippen molar-refractivity contribution in [3.05, 3.63) is 65.2 Å². The Morgan fingerprint density at radius 1 is 1.08 bits per heavy atom. The lowest BCUT2D eigenvalue weighted by Crippen LogP contribution is -2.26. The number of hydrogen-bond donors (Lipinski definition) is 1. The molecule has 2 rings (SSSR count). The molecule has 0 fully saturated rings. The van der Waals surface area contributed by atoms with Crippen LogP contribution in [-0.4, -0.2) is 19.6 Å². The summed E-state index contributed by atoms with van der Waals surface area (Å²) in [5.41, 5.74) is 2.56. The standard InChI is InChI=1S/C21H27NO3/c1-15(2)13-25-14-19-12-18(10-11-20(19)24-4)21(23)22-16(3)17-8-6-5-7-9-17/h5-12,15-16H,13-14H2,1-4H3,(H,22,23)/t16-/m0/s1. The van der Waals surface area contributed by atoms with Gasteiger partial charge in [0.15, 0.2) is 0 Å². The fourth-order valence-electron chi connectivity index (χ4n) is 2.54. The van der Waals surface area contributed by atoms with Crippen LogP contribution in [0.4, 0.5) is 0 Å². The minimum absolute atomic E-state index is 0.0588. The van der Waals surface area contributed by atoms with Gasteiger partial charge in [-0.1, -0.05) is 44.2 Å². The van der Waals surface area contributed by atoms with E-state index in [9.17, 15) is 4.79 Å². The average Bonchev–Trinajstić information content (AvgIpc) is 2.62. The van der Waals surface area contributed by atoms with Gasteiger partial charge in [0.25, 0.3) is 5.91 Å². The Balaban J connectivity index is 2.08. The first kappa shape index (κ1) is 19.0. The largest absolute Gasteiger partial charge is 0.496 e. The Bertz CT molecular complexity index is 683. The number of benzene rings is 2. The summed E-state index contributed by atoms with van der Waals surface area (Å²) < 4.78 is 11.1. The third-order valence-electron chi connectivity index (χ3n) is 3.90. The second-order valence-corrected chi connectivity index (χ2v) is 6.54. The van der Waals surface area contributed by atoms with Crippen LogP contribution in [0.2, 0.25) is 0 Å². The van der Waals surface area contributed by atoms with E-state index in [1.165, 1.54) is 0 Å². The highest BCUT2D eigenvalue weighted by molar-refractivity contribution is 5.94. The van der Waals surface area contributed by atoms with Crippen molar-refractivity contribution >= 4 is 5.91 Å². The third-order valence-corrected chi connectivity index (χ3v) is 3.90. The monoisotopic (exact) mass is 341 g/mol. The van der Waals surface area contributed by atoms with Gasteiger partial charge in [0.1, 0.15) is 5.75 Å². The van der Waals surface area contributed by atoms with Gasteiger partial charge in [0.2, 0.25) is 0 Å². The Hall–Kier alpha value is -2.33. The molecule has 0 aliphatic rings. The van der Waals surface area contributed by atoms with Gasteiger partial charge in [-0.05, 0) is 36.6 Å². The van der Waals surface area contributed by atoms with E-state index in [0.29, 0.717) is 24.7 Å². The fourth-order valence-corrected chi connectivity index (χ4v) is 2.54. The van der Waals surface area contributed by atoms with E-state index in [1.54, 1.807) is 13.2 Å². The number of nitrogens with one attached hydrogen (secondary N) is 1. The van der Waals surface area contributed by atoms with Gasteiger partial charge in [0, 0.05) is 17.7 Å². The van der Waals surface area contributed by atoms with E-state index in [4.69, 9.17) is 9.47 Å². The number of rotatable bonds is 8. The molecule has 2 aromatic carbocycles. The maximum Gasteiger partial charge on any atom is 0.251 e. The highest BCUT2D eigenvalue weighted by Crippen LogP contribution is 2.22. The third kappa shape index (κ3) is 5.61. The van der Waals surface area contributed by atoms with E-state index in [2.05, 4.69) is 19.2 Å². The lowest BCUT2D eigenvalue weighted by molar-refractivity contribution is 0.0930. The van der Waals surface area contributed by atoms with Crippen molar-refractivity contribution in [1.29, 1.82) is 0 Å². The van der Waals surface area contributed by atoms with Crippen LogP contribution in [0, 0.1) is 5.92 Å². The van der Waals surface area contributed by atoms with Gasteiger partial charge in [-0.15, -0.1) is 0 Å². The van der Waals surface area contributed by atoms with Gasteiger partial charge < -0.3 is 14.8 Å². The van der Waals surface area contributed by atoms with Gasteiger partial charge in [0.05, 0.1) is 19.8 Å². The average molecular weight is 341 g/mol. The molecule has 0 heterocycles. The molecule has 0 radical (unpaired) electrons. The van der Waals surface area contributed by atoms with Crippen molar-refractivity contribution < 1.29 is 14.3 Å². The quantitative estimate of drug-likeness (QED) is 0.776. The molecule has 0 aliphatic heterocycles. The first-order valence-electron chi connectivity index (χ1n) is 8.61. The Morgan fingerprint density at radius 2 is 1.80 bits per heavy atom. The molecule has 1 atom stereocenters. The molecule has 4 heteroatoms. The molecule has 0 aromatic heterocycles. The predicted octanol–water partition coefficient (Wildman–Crippen LogP) is 4.36. The lowest BCUT2D eigenvalue weighted by Gasteiger charge is -2.16. The minimum Gasteiger partial charge on any atom is -0.496 e. The van der Waals surface area contributed by atoms with Crippen LogP contribution in [-0.2, 0) is 11.3 Å². The predicted molar refractivity (Wildman–Crippen MR) is 99.8 cm³/mol. The fraction of sp³-hybridized carbons (Fsp3) is 0.381. The smallest absolute Gasteiger partial charge is 0.251 e. The van der Waals surface area contributed by atoms with Crippen molar-refractivity contribution in [2.75, 3.05) is 13.7 Å². The first-order chi connectivity index (χ1) is 12.0. The summed E-state index contributed by atoms with van der Waals surface area (Å²) in [5, 5.41) is 3.03. The van der Waals surface area contributed by atoms with Crippen LogP contribution < -0.4 is 10.1 Å². The molecule has 2 aromatic rings. The zero-order valence-corrected chi connectivity index (χ0v) is 15.4. The van der Waals surface area contributed by atoms with Gasteiger partial charge in [-0.2, -0.15) is 0 Å². The summed E-state index contributed by atoms with van der Waals surface area (Å²) in [6.07, 6.45) is 0. The molecule has 4 nitrogen and oxygen atoms in total. The SMILES string of the molecule is COc1ccc(C(=O)N[C@@H](C)c2ccccc2)cc1COCC(C)C. The summed E-state index contributed by atoms with van der Waals surface area (Å²) in [4.78, 5) is 12.6. The lowest BCUT2D eigenvalue weighted by atomic mass is 10.1. The van der Waals surface area contributed by atoms with E-state index in [-0.39, 0.29) is 11.9 Å². The van der Waals surface area contributed by atoms with Crippen molar-refractivity contribution in [3.8, 4) is 5.75 Å². The molecule has 0 bridgehead atoms. The van der Waals surface area contributed by atoms with E-state index < -0.39 is 0 Å². The second kappa shape index (κ2) is 9.23. The molecular weight excluding hydrogens is 314 g/mol. The molecule has 0 spiro atoms. The normalized spacial score (nSPS) is 12.0. The Kier molecular flexibility index (Phi) is 7.02. The number of ether oxygens (including phenoxy) is 2. The minimum atomic E-state index is -0.107. The Morgan fingerprint density at radius 3 is 2.44 bits per heavy atom. The maximum absolute atomic E-state index is 12.6. The summed E-state index contributed by atoms with van der Waals surface area (Å²) in [6.45, 7) is 7.28. The van der Waals surface area contributed by atoms with E-state index in [0.717, 1.165) is 16.9 Å². The summed E-state index contributed by atoms with van der Waals surface area (Å²) in [7, 11) is 1.62. The molecule has 25 heavy (non-hydrogen) atoms. The van der Waals surface area contributed by atoms with Crippen molar-refractivity contribution in [2.24, 2.45) is 5.92 Å². The van der Waals surface area contributed by atoms with Crippen LogP contribution in [0.5, 0.6) is 5.75 Å². The number of carbonyl (C=O) groups is 1. The topological polar surface area (TPSA) is 47.6 Å². The maximum atomic E-state index is 12.6. The van der Waals surface area contributed by atoms with Crippen LogP contribution in [0.1, 0.15) is 48.3 Å². The first-order valence-corrected chi connectivity index (χ1v) is 8.61. The molecule has 0 unspecified atom stereocenters. The molecular formula is C21H27NO3. The summed E-state index contributed by atoms with van der Waals surface area (Å²) >= 11 is 0. The van der Waals surface area contributed by atoms with Gasteiger partial charge in [-0.25, -0.2) is 0 Å². The number of carbonyl (C=O) groups excluding carboxylic acids is 1. The summed E-state index contributed by atoms with van der Waals surface area (Å²) in [6, 6.07) is 15.3. The van der Waals surface area contributed by atoms with Gasteiger partial charge in [-0.3, -0.25) is 4.79 Å². The van der Waals surface area contributed by atoms with Crippen LogP contribution in [0.3, 0.4) is 0 Å². The van der Waals surface area contributed by atoms with Crippen LogP contribution in [0.25, 0.3) is 0 Å². The van der Waals surface area contributed by atoms with Crippen molar-refractivity contribution in [3.63, 3.8) is 0 Å².